The van der Waals surface area contributed by atoms with E-state index in [-0.39, 0.29) is 5.92 Å². The zero-order valence-electron chi connectivity index (χ0n) is 8.28. The van der Waals surface area contributed by atoms with Crippen molar-refractivity contribution in [3.8, 4) is 0 Å². The van der Waals surface area contributed by atoms with E-state index in [4.69, 9.17) is 10.2 Å². The number of aliphatic hydroxyl groups is 1. The molecule has 0 aromatic heterocycles. The molecule has 0 rings (SSSR count). The molecule has 0 spiro atoms. The first kappa shape index (κ1) is 14.6. The molecule has 0 amide bonds. The number of hydrogen-bond donors (Lipinski definition) is 2. The predicted octanol–water partition coefficient (Wildman–Crippen LogP) is 1.75. The number of aliphatic carboxylic acids is 1. The standard InChI is InChI=1S/C8H13F3O3S/c1-4(2)6(7(13)14)15-3-5(12)8(9,10)11/h4-6,12H,3H2,1-2H3,(H,13,14). The van der Waals surface area contributed by atoms with Crippen LogP contribution in [0.1, 0.15) is 13.8 Å². The molecule has 90 valence electrons. The highest BCUT2D eigenvalue weighted by Crippen LogP contribution is 2.27. The van der Waals surface area contributed by atoms with Gasteiger partial charge in [0.15, 0.2) is 6.10 Å². The molecule has 0 heterocycles. The molecule has 3 nitrogen and oxygen atoms in total. The highest BCUT2D eigenvalue weighted by atomic mass is 32.2. The topological polar surface area (TPSA) is 57.5 Å². The Morgan fingerprint density at radius 1 is 1.40 bits per heavy atom. The normalized spacial score (nSPS) is 16.5. The SMILES string of the molecule is CC(C)C(SCC(O)C(F)(F)F)C(=O)O. The number of hydrogen-bond acceptors (Lipinski definition) is 3. The van der Waals surface area contributed by atoms with Gasteiger partial charge in [0, 0.05) is 5.75 Å². The molecule has 0 aromatic carbocycles. The van der Waals surface area contributed by atoms with Crippen molar-refractivity contribution in [3.05, 3.63) is 0 Å². The Morgan fingerprint density at radius 2 is 1.87 bits per heavy atom. The van der Waals surface area contributed by atoms with Crippen LogP contribution in [0.3, 0.4) is 0 Å². The van der Waals surface area contributed by atoms with E-state index < -0.39 is 29.3 Å². The molecule has 0 bridgehead atoms. The first-order chi connectivity index (χ1) is 6.66. The van der Waals surface area contributed by atoms with E-state index in [9.17, 15) is 18.0 Å². The number of aliphatic hydroxyl groups excluding tert-OH is 1. The third-order valence-corrected chi connectivity index (χ3v) is 3.27. The zero-order chi connectivity index (χ0) is 12.2. The third-order valence-electron chi connectivity index (χ3n) is 1.66. The van der Waals surface area contributed by atoms with Gasteiger partial charge in [-0.3, -0.25) is 4.79 Å². The van der Waals surface area contributed by atoms with Crippen molar-refractivity contribution in [2.24, 2.45) is 5.92 Å². The van der Waals surface area contributed by atoms with Crippen molar-refractivity contribution in [1.82, 2.24) is 0 Å². The molecule has 0 aromatic rings. The number of carboxylic acid groups (broad SMARTS) is 1. The molecule has 0 aliphatic heterocycles. The van der Waals surface area contributed by atoms with Crippen LogP contribution in [0.2, 0.25) is 0 Å². The summed E-state index contributed by atoms with van der Waals surface area (Å²) >= 11 is 0.603. The molecule has 0 aliphatic rings. The van der Waals surface area contributed by atoms with Crippen LogP contribution in [0, 0.1) is 5.92 Å². The van der Waals surface area contributed by atoms with Crippen LogP contribution in [0.25, 0.3) is 0 Å². The second kappa shape index (κ2) is 5.60. The van der Waals surface area contributed by atoms with Crippen molar-refractivity contribution in [1.29, 1.82) is 0 Å². The fraction of sp³-hybridized carbons (Fsp3) is 0.875. The Bertz CT molecular complexity index is 218. The minimum Gasteiger partial charge on any atom is -0.480 e. The molecule has 0 fully saturated rings. The second-order valence-corrected chi connectivity index (χ2v) is 4.57. The number of carboxylic acids is 1. The maximum atomic E-state index is 11.9. The molecule has 15 heavy (non-hydrogen) atoms. The molecule has 2 unspecified atom stereocenters. The summed E-state index contributed by atoms with van der Waals surface area (Å²) in [5.74, 6) is -2.10. The smallest absolute Gasteiger partial charge is 0.415 e. The van der Waals surface area contributed by atoms with E-state index in [1.54, 1.807) is 13.8 Å². The minimum absolute atomic E-state index is 0.284. The Labute approximate surface area is 89.7 Å². The van der Waals surface area contributed by atoms with Gasteiger partial charge in [-0.1, -0.05) is 13.8 Å². The summed E-state index contributed by atoms with van der Waals surface area (Å²) in [6.45, 7) is 3.21. The van der Waals surface area contributed by atoms with Gasteiger partial charge in [-0.15, -0.1) is 11.8 Å². The third kappa shape index (κ3) is 5.27. The predicted molar refractivity (Wildman–Crippen MR) is 50.8 cm³/mol. The maximum Gasteiger partial charge on any atom is 0.415 e. The number of carbonyl (C=O) groups is 1. The van der Waals surface area contributed by atoms with E-state index in [2.05, 4.69) is 0 Å². The average molecular weight is 246 g/mol. The molecule has 2 N–H and O–H groups in total. The van der Waals surface area contributed by atoms with Crippen LogP contribution in [0.5, 0.6) is 0 Å². The zero-order valence-corrected chi connectivity index (χ0v) is 9.10. The summed E-state index contributed by atoms with van der Waals surface area (Å²) in [4.78, 5) is 10.6. The van der Waals surface area contributed by atoms with Gasteiger partial charge < -0.3 is 10.2 Å². The number of halogens is 3. The molecule has 2 atom stereocenters. The summed E-state index contributed by atoms with van der Waals surface area (Å²) in [6, 6.07) is 0. The van der Waals surface area contributed by atoms with Crippen molar-refractivity contribution in [2.45, 2.75) is 31.4 Å². The van der Waals surface area contributed by atoms with Gasteiger partial charge in [0.25, 0.3) is 0 Å². The Morgan fingerprint density at radius 3 is 2.13 bits per heavy atom. The van der Waals surface area contributed by atoms with Crippen molar-refractivity contribution < 1.29 is 28.2 Å². The summed E-state index contributed by atoms with van der Waals surface area (Å²) < 4.78 is 35.7. The van der Waals surface area contributed by atoms with Crippen LogP contribution >= 0.6 is 11.8 Å². The van der Waals surface area contributed by atoms with Gasteiger partial charge in [-0.05, 0) is 5.92 Å². The lowest BCUT2D eigenvalue weighted by atomic mass is 10.1. The number of thioether (sulfide) groups is 1. The monoisotopic (exact) mass is 246 g/mol. The highest BCUT2D eigenvalue weighted by molar-refractivity contribution is 8.00. The average Bonchev–Trinajstić information content (AvgIpc) is 2.00. The van der Waals surface area contributed by atoms with E-state index in [1.807, 2.05) is 0 Å². The quantitative estimate of drug-likeness (QED) is 0.776. The summed E-state index contributed by atoms with van der Waals surface area (Å²) in [6.07, 6.45) is -7.16. The minimum atomic E-state index is -4.69. The molecule has 0 radical (unpaired) electrons. The maximum absolute atomic E-state index is 11.9. The molecular weight excluding hydrogens is 233 g/mol. The first-order valence-corrected chi connectivity index (χ1v) is 5.30. The second-order valence-electron chi connectivity index (χ2n) is 3.39. The van der Waals surface area contributed by atoms with E-state index >= 15 is 0 Å². The van der Waals surface area contributed by atoms with Crippen LogP contribution in [-0.2, 0) is 4.79 Å². The van der Waals surface area contributed by atoms with Gasteiger partial charge in [-0.25, -0.2) is 0 Å². The van der Waals surface area contributed by atoms with Gasteiger partial charge in [-0.2, -0.15) is 13.2 Å². The number of rotatable bonds is 5. The van der Waals surface area contributed by atoms with Crippen LogP contribution < -0.4 is 0 Å². The first-order valence-electron chi connectivity index (χ1n) is 4.25. The molecule has 0 saturated carbocycles. The summed E-state index contributed by atoms with van der Waals surface area (Å²) in [5.41, 5.74) is 0. The lowest BCUT2D eigenvalue weighted by Gasteiger charge is -2.19. The van der Waals surface area contributed by atoms with Gasteiger partial charge >= 0.3 is 12.1 Å². The summed E-state index contributed by atoms with van der Waals surface area (Å²) in [7, 11) is 0. The molecule has 7 heteroatoms. The van der Waals surface area contributed by atoms with Crippen molar-refractivity contribution in [3.63, 3.8) is 0 Å². The number of alkyl halides is 3. The van der Waals surface area contributed by atoms with Gasteiger partial charge in [0.1, 0.15) is 5.25 Å². The van der Waals surface area contributed by atoms with E-state index in [0.717, 1.165) is 0 Å². The van der Waals surface area contributed by atoms with Crippen molar-refractivity contribution in [2.75, 3.05) is 5.75 Å². The van der Waals surface area contributed by atoms with Crippen LogP contribution in [0.4, 0.5) is 13.2 Å². The highest BCUT2D eigenvalue weighted by Gasteiger charge is 2.39. The van der Waals surface area contributed by atoms with Crippen LogP contribution in [-0.4, -0.2) is 39.5 Å². The van der Waals surface area contributed by atoms with E-state index in [1.165, 1.54) is 0 Å². The fourth-order valence-electron chi connectivity index (χ4n) is 0.838. The van der Waals surface area contributed by atoms with Gasteiger partial charge in [0.2, 0.25) is 0 Å². The lowest BCUT2D eigenvalue weighted by molar-refractivity contribution is -0.195. The van der Waals surface area contributed by atoms with E-state index in [0.29, 0.717) is 11.8 Å². The Balaban J connectivity index is 4.18. The molecule has 0 saturated heterocycles. The van der Waals surface area contributed by atoms with Crippen molar-refractivity contribution >= 4 is 17.7 Å². The van der Waals surface area contributed by atoms with Gasteiger partial charge in [0.05, 0.1) is 0 Å². The summed E-state index contributed by atoms with van der Waals surface area (Å²) in [5, 5.41) is 16.4. The Hall–Kier alpha value is -0.430. The Kier molecular flexibility index (Phi) is 5.44. The van der Waals surface area contributed by atoms with Crippen LogP contribution in [0.15, 0.2) is 0 Å². The molecule has 0 aliphatic carbocycles. The molecular formula is C8H13F3O3S. The largest absolute Gasteiger partial charge is 0.480 e. The fourth-order valence-corrected chi connectivity index (χ4v) is 1.94. The lowest BCUT2D eigenvalue weighted by Crippen LogP contribution is -2.33.